The number of nitrogens with zero attached hydrogens (tertiary/aromatic N) is 1. The molecule has 3 heteroatoms. The standard InChI is InChI=1S/C12H15NO2/c1-8-5-6-9-10(7-8)15-12(2,3)11(14)13(9)4/h5-7H,1-4H3. The molecule has 0 bridgehead atoms. The van der Waals surface area contributed by atoms with Crippen LogP contribution in [0.25, 0.3) is 0 Å². The fraction of sp³-hybridized carbons (Fsp3) is 0.417. The fourth-order valence-corrected chi connectivity index (χ4v) is 1.81. The lowest BCUT2D eigenvalue weighted by Crippen LogP contribution is -2.50. The first-order valence-electron chi connectivity index (χ1n) is 4.99. The zero-order valence-corrected chi connectivity index (χ0v) is 9.50. The van der Waals surface area contributed by atoms with Gasteiger partial charge in [0.05, 0.1) is 5.69 Å². The number of ether oxygens (including phenoxy) is 1. The van der Waals surface area contributed by atoms with Crippen LogP contribution in [0.4, 0.5) is 5.69 Å². The second kappa shape index (κ2) is 2.99. The molecule has 1 aliphatic rings. The number of hydrogen-bond donors (Lipinski definition) is 0. The van der Waals surface area contributed by atoms with Crippen molar-refractivity contribution in [2.75, 3.05) is 11.9 Å². The molecule has 0 atom stereocenters. The van der Waals surface area contributed by atoms with Crippen molar-refractivity contribution in [3.63, 3.8) is 0 Å². The number of fused-ring (bicyclic) bond motifs is 1. The Morgan fingerprint density at radius 1 is 1.33 bits per heavy atom. The molecule has 0 aliphatic carbocycles. The first-order chi connectivity index (χ1) is 6.92. The van der Waals surface area contributed by atoms with Gasteiger partial charge in [-0.15, -0.1) is 0 Å². The third-order valence-electron chi connectivity index (χ3n) is 2.66. The predicted octanol–water partition coefficient (Wildman–Crippen LogP) is 2.13. The molecule has 1 aromatic carbocycles. The van der Waals surface area contributed by atoms with E-state index in [0.29, 0.717) is 0 Å². The molecule has 1 aliphatic heterocycles. The highest BCUT2D eigenvalue weighted by Crippen LogP contribution is 2.37. The van der Waals surface area contributed by atoms with Crippen molar-refractivity contribution < 1.29 is 9.53 Å². The van der Waals surface area contributed by atoms with E-state index in [4.69, 9.17) is 4.74 Å². The van der Waals surface area contributed by atoms with E-state index in [2.05, 4.69) is 0 Å². The van der Waals surface area contributed by atoms with E-state index in [1.807, 2.05) is 25.1 Å². The molecule has 1 amide bonds. The Bertz CT molecular complexity index is 424. The summed E-state index contributed by atoms with van der Waals surface area (Å²) in [7, 11) is 1.78. The number of carbonyl (C=O) groups excluding carboxylic acids is 1. The quantitative estimate of drug-likeness (QED) is 0.649. The van der Waals surface area contributed by atoms with Gasteiger partial charge < -0.3 is 9.64 Å². The molecule has 0 radical (unpaired) electrons. The topological polar surface area (TPSA) is 29.5 Å². The molecule has 3 nitrogen and oxygen atoms in total. The molecular weight excluding hydrogens is 190 g/mol. The number of amides is 1. The third kappa shape index (κ3) is 1.48. The lowest BCUT2D eigenvalue weighted by molar-refractivity contribution is -0.132. The van der Waals surface area contributed by atoms with Crippen molar-refractivity contribution in [3.05, 3.63) is 23.8 Å². The molecule has 1 heterocycles. The molecule has 15 heavy (non-hydrogen) atoms. The van der Waals surface area contributed by atoms with E-state index in [9.17, 15) is 4.79 Å². The number of likely N-dealkylation sites (N-methyl/N-ethyl adjacent to an activating group) is 1. The Morgan fingerprint density at radius 2 is 2.00 bits per heavy atom. The number of hydrogen-bond acceptors (Lipinski definition) is 2. The van der Waals surface area contributed by atoms with E-state index in [1.54, 1.807) is 25.8 Å². The Morgan fingerprint density at radius 3 is 2.67 bits per heavy atom. The van der Waals surface area contributed by atoms with E-state index >= 15 is 0 Å². The van der Waals surface area contributed by atoms with Gasteiger partial charge in [0.25, 0.3) is 5.91 Å². The van der Waals surface area contributed by atoms with Crippen LogP contribution in [0.3, 0.4) is 0 Å². The summed E-state index contributed by atoms with van der Waals surface area (Å²) in [5, 5.41) is 0. The van der Waals surface area contributed by atoms with Gasteiger partial charge in [-0.05, 0) is 38.5 Å². The Hall–Kier alpha value is -1.51. The van der Waals surface area contributed by atoms with Crippen molar-refractivity contribution in [1.29, 1.82) is 0 Å². The molecule has 0 fully saturated rings. The minimum atomic E-state index is -0.768. The highest BCUT2D eigenvalue weighted by Gasteiger charge is 2.38. The van der Waals surface area contributed by atoms with Crippen molar-refractivity contribution in [1.82, 2.24) is 0 Å². The van der Waals surface area contributed by atoms with Crippen LogP contribution in [-0.2, 0) is 4.79 Å². The summed E-state index contributed by atoms with van der Waals surface area (Å²) in [6, 6.07) is 5.85. The van der Waals surface area contributed by atoms with Gasteiger partial charge in [0.1, 0.15) is 5.75 Å². The molecule has 0 N–H and O–H groups in total. The number of aryl methyl sites for hydroxylation is 1. The minimum absolute atomic E-state index is 0.0150. The predicted molar refractivity (Wildman–Crippen MR) is 59.3 cm³/mol. The van der Waals surface area contributed by atoms with Crippen molar-refractivity contribution in [2.24, 2.45) is 0 Å². The lowest BCUT2D eigenvalue weighted by Gasteiger charge is -2.36. The fourth-order valence-electron chi connectivity index (χ4n) is 1.81. The average Bonchev–Trinajstić information content (AvgIpc) is 2.13. The van der Waals surface area contributed by atoms with Gasteiger partial charge in [-0.2, -0.15) is 0 Å². The molecule has 1 aromatic rings. The summed E-state index contributed by atoms with van der Waals surface area (Å²) in [5.41, 5.74) is 1.20. The van der Waals surface area contributed by atoms with Crippen LogP contribution in [0.1, 0.15) is 19.4 Å². The molecular formula is C12H15NO2. The van der Waals surface area contributed by atoms with Gasteiger partial charge in [-0.1, -0.05) is 6.07 Å². The summed E-state index contributed by atoms with van der Waals surface area (Å²) in [5.74, 6) is 0.765. The normalized spacial score (nSPS) is 18.4. The lowest BCUT2D eigenvalue weighted by atomic mass is 10.0. The average molecular weight is 205 g/mol. The summed E-state index contributed by atoms with van der Waals surface area (Å²) in [4.78, 5) is 13.5. The van der Waals surface area contributed by atoms with E-state index < -0.39 is 5.60 Å². The Balaban J connectivity index is 2.55. The molecule has 0 saturated heterocycles. The molecule has 2 rings (SSSR count). The second-order valence-corrected chi connectivity index (χ2v) is 4.45. The molecule has 0 spiro atoms. The summed E-state index contributed by atoms with van der Waals surface area (Å²) in [6.07, 6.45) is 0. The smallest absolute Gasteiger partial charge is 0.270 e. The highest BCUT2D eigenvalue weighted by molar-refractivity contribution is 6.01. The van der Waals surface area contributed by atoms with Crippen LogP contribution in [0.2, 0.25) is 0 Å². The molecule has 0 unspecified atom stereocenters. The van der Waals surface area contributed by atoms with Crippen LogP contribution in [0.5, 0.6) is 5.75 Å². The van der Waals surface area contributed by atoms with Crippen molar-refractivity contribution in [3.8, 4) is 5.75 Å². The molecule has 0 aromatic heterocycles. The van der Waals surface area contributed by atoms with Crippen LogP contribution >= 0.6 is 0 Å². The van der Waals surface area contributed by atoms with Crippen LogP contribution in [-0.4, -0.2) is 18.6 Å². The first-order valence-corrected chi connectivity index (χ1v) is 4.99. The highest BCUT2D eigenvalue weighted by atomic mass is 16.5. The largest absolute Gasteiger partial charge is 0.476 e. The van der Waals surface area contributed by atoms with Gasteiger partial charge in [0.15, 0.2) is 5.60 Å². The van der Waals surface area contributed by atoms with Gasteiger partial charge in [-0.25, -0.2) is 0 Å². The number of rotatable bonds is 0. The van der Waals surface area contributed by atoms with Gasteiger partial charge in [0, 0.05) is 7.05 Å². The maximum atomic E-state index is 11.9. The van der Waals surface area contributed by atoms with Gasteiger partial charge in [-0.3, -0.25) is 4.79 Å². The maximum absolute atomic E-state index is 11.9. The van der Waals surface area contributed by atoms with Crippen molar-refractivity contribution in [2.45, 2.75) is 26.4 Å². The van der Waals surface area contributed by atoms with E-state index in [-0.39, 0.29) is 5.91 Å². The van der Waals surface area contributed by atoms with E-state index in [0.717, 1.165) is 17.0 Å². The SMILES string of the molecule is Cc1ccc2c(c1)OC(C)(C)C(=O)N2C. The Kier molecular flexibility index (Phi) is 2.00. The molecule has 0 saturated carbocycles. The van der Waals surface area contributed by atoms with Crippen molar-refractivity contribution >= 4 is 11.6 Å². The maximum Gasteiger partial charge on any atom is 0.270 e. The first kappa shape index (κ1) is 10.0. The van der Waals surface area contributed by atoms with Crippen LogP contribution < -0.4 is 9.64 Å². The summed E-state index contributed by atoms with van der Waals surface area (Å²) >= 11 is 0. The summed E-state index contributed by atoms with van der Waals surface area (Å²) in [6.45, 7) is 5.58. The van der Waals surface area contributed by atoms with Crippen LogP contribution in [0, 0.1) is 6.92 Å². The second-order valence-electron chi connectivity index (χ2n) is 4.45. The minimum Gasteiger partial charge on any atom is -0.476 e. The number of anilines is 1. The molecule has 80 valence electrons. The number of carbonyl (C=O) groups is 1. The van der Waals surface area contributed by atoms with Gasteiger partial charge in [0.2, 0.25) is 0 Å². The monoisotopic (exact) mass is 205 g/mol. The van der Waals surface area contributed by atoms with Crippen LogP contribution in [0.15, 0.2) is 18.2 Å². The zero-order valence-electron chi connectivity index (χ0n) is 9.50. The summed E-state index contributed by atoms with van der Waals surface area (Å²) < 4.78 is 5.69. The number of benzene rings is 1. The Labute approximate surface area is 89.7 Å². The zero-order chi connectivity index (χ0) is 11.2. The van der Waals surface area contributed by atoms with Gasteiger partial charge >= 0.3 is 0 Å². The third-order valence-corrected chi connectivity index (χ3v) is 2.66. The van der Waals surface area contributed by atoms with E-state index in [1.165, 1.54) is 0 Å².